The van der Waals surface area contributed by atoms with Crippen LogP contribution in [0.25, 0.3) is 0 Å². The van der Waals surface area contributed by atoms with Crippen LogP contribution in [0.1, 0.15) is 34.6 Å². The van der Waals surface area contributed by atoms with Crippen molar-refractivity contribution in [2.75, 3.05) is 26.8 Å². The number of hydrogen-bond donors (Lipinski definition) is 0. The minimum Gasteiger partial charge on any atom is -0.375 e. The normalized spacial score (nSPS) is 16.6. The van der Waals surface area contributed by atoms with E-state index in [0.29, 0.717) is 25.3 Å². The molecule has 2 aromatic rings. The van der Waals surface area contributed by atoms with E-state index in [0.717, 1.165) is 24.1 Å². The Balaban J connectivity index is 1.76. The zero-order valence-corrected chi connectivity index (χ0v) is 16.4. The summed E-state index contributed by atoms with van der Waals surface area (Å²) in [6.07, 6.45) is 5.16. The Labute approximate surface area is 165 Å². The fraction of sp³-hybridized carbons (Fsp3) is 0.429. The van der Waals surface area contributed by atoms with Crippen molar-refractivity contribution < 1.29 is 14.3 Å². The van der Waals surface area contributed by atoms with Crippen molar-refractivity contribution in [3.05, 3.63) is 59.7 Å². The molecule has 0 saturated carbocycles. The van der Waals surface area contributed by atoms with Gasteiger partial charge in [0.25, 0.3) is 5.91 Å². The molecule has 1 saturated heterocycles. The Morgan fingerprint density at radius 2 is 2.14 bits per heavy atom. The highest BCUT2D eigenvalue weighted by Gasteiger charge is 2.31. The fourth-order valence-corrected chi connectivity index (χ4v) is 3.53. The van der Waals surface area contributed by atoms with Crippen molar-refractivity contribution >= 4 is 11.8 Å². The number of piperidine rings is 1. The lowest BCUT2D eigenvalue weighted by molar-refractivity contribution is -0.139. The molecule has 28 heavy (non-hydrogen) atoms. The molecule has 0 bridgehead atoms. The van der Waals surface area contributed by atoms with Crippen LogP contribution in [0.3, 0.4) is 0 Å². The van der Waals surface area contributed by atoms with Crippen molar-refractivity contribution in [3.63, 3.8) is 0 Å². The maximum atomic E-state index is 12.9. The molecular weight excluding hydrogens is 356 g/mol. The summed E-state index contributed by atoms with van der Waals surface area (Å²) in [4.78, 5) is 37.7. The van der Waals surface area contributed by atoms with E-state index in [1.165, 1.54) is 7.11 Å². The average Bonchev–Trinajstić information content (AvgIpc) is 2.72. The molecule has 1 fully saturated rings. The van der Waals surface area contributed by atoms with E-state index in [4.69, 9.17) is 4.74 Å². The number of carbonyl (C=O) groups is 2. The van der Waals surface area contributed by atoms with Crippen LogP contribution in [0.2, 0.25) is 0 Å². The first-order chi connectivity index (χ1) is 13.6. The second-order valence-corrected chi connectivity index (χ2v) is 7.03. The fourth-order valence-electron chi connectivity index (χ4n) is 3.53. The minimum absolute atomic E-state index is 0.0180. The topological polar surface area (TPSA) is 75.6 Å². The van der Waals surface area contributed by atoms with E-state index in [1.54, 1.807) is 23.4 Å². The zero-order valence-electron chi connectivity index (χ0n) is 16.4. The SMILES string of the molecule is COCC(=O)N(Cc1cccnc1)C1CCCN(C(=O)c2cccc(C)n2)C1. The molecule has 1 aliphatic rings. The summed E-state index contributed by atoms with van der Waals surface area (Å²) in [6.45, 7) is 3.50. The van der Waals surface area contributed by atoms with Gasteiger partial charge in [0.05, 0.1) is 0 Å². The number of likely N-dealkylation sites (tertiary alicyclic amines) is 1. The summed E-state index contributed by atoms with van der Waals surface area (Å²) >= 11 is 0. The minimum atomic E-state index is -0.0890. The van der Waals surface area contributed by atoms with Crippen LogP contribution in [-0.4, -0.2) is 64.4 Å². The molecule has 0 N–H and O–H groups in total. The number of pyridine rings is 2. The number of amides is 2. The number of carbonyl (C=O) groups excluding carboxylic acids is 2. The molecule has 2 aromatic heterocycles. The van der Waals surface area contributed by atoms with Gasteiger partial charge in [0.1, 0.15) is 12.3 Å². The van der Waals surface area contributed by atoms with Gasteiger partial charge in [0.2, 0.25) is 5.91 Å². The number of rotatable bonds is 6. The predicted octanol–water partition coefficient (Wildman–Crippen LogP) is 2.06. The summed E-state index contributed by atoms with van der Waals surface area (Å²) in [7, 11) is 1.51. The molecule has 148 valence electrons. The summed E-state index contributed by atoms with van der Waals surface area (Å²) in [6, 6.07) is 9.19. The number of ether oxygens (including phenoxy) is 1. The Morgan fingerprint density at radius 1 is 1.29 bits per heavy atom. The first kappa shape index (κ1) is 19.9. The number of methoxy groups -OCH3 is 1. The second kappa shape index (κ2) is 9.41. The molecular formula is C21H26N4O3. The van der Waals surface area contributed by atoms with Crippen molar-refractivity contribution in [1.82, 2.24) is 19.8 Å². The molecule has 3 heterocycles. The molecule has 7 heteroatoms. The summed E-state index contributed by atoms with van der Waals surface area (Å²) in [5.41, 5.74) is 2.21. The predicted molar refractivity (Wildman–Crippen MR) is 105 cm³/mol. The van der Waals surface area contributed by atoms with Gasteiger partial charge in [0, 0.05) is 50.9 Å². The lowest BCUT2D eigenvalue weighted by Gasteiger charge is -2.39. The van der Waals surface area contributed by atoms with Crippen LogP contribution in [0.5, 0.6) is 0 Å². The summed E-state index contributed by atoms with van der Waals surface area (Å²) in [5, 5.41) is 0. The third kappa shape index (κ3) is 4.92. The van der Waals surface area contributed by atoms with Gasteiger partial charge >= 0.3 is 0 Å². The Kier molecular flexibility index (Phi) is 6.71. The molecule has 7 nitrogen and oxygen atoms in total. The van der Waals surface area contributed by atoms with E-state index >= 15 is 0 Å². The van der Waals surface area contributed by atoms with Crippen LogP contribution in [0.4, 0.5) is 0 Å². The zero-order chi connectivity index (χ0) is 19.9. The van der Waals surface area contributed by atoms with E-state index in [-0.39, 0.29) is 24.5 Å². The van der Waals surface area contributed by atoms with Crippen LogP contribution in [-0.2, 0) is 16.1 Å². The molecule has 2 amide bonds. The smallest absolute Gasteiger partial charge is 0.272 e. The van der Waals surface area contributed by atoms with E-state index in [1.807, 2.05) is 36.1 Å². The third-order valence-corrected chi connectivity index (χ3v) is 4.90. The molecule has 0 aromatic carbocycles. The Hall–Kier alpha value is -2.80. The van der Waals surface area contributed by atoms with Gasteiger partial charge in [-0.3, -0.25) is 14.6 Å². The number of aryl methyl sites for hydroxylation is 1. The lowest BCUT2D eigenvalue weighted by atomic mass is 10.0. The number of nitrogens with zero attached hydrogens (tertiary/aromatic N) is 4. The van der Waals surface area contributed by atoms with Gasteiger partial charge in [-0.05, 0) is 43.5 Å². The maximum absolute atomic E-state index is 12.9. The largest absolute Gasteiger partial charge is 0.375 e. The molecule has 1 unspecified atom stereocenters. The first-order valence-corrected chi connectivity index (χ1v) is 9.48. The van der Waals surface area contributed by atoms with Crippen molar-refractivity contribution in [2.45, 2.75) is 32.4 Å². The highest BCUT2D eigenvalue weighted by molar-refractivity contribution is 5.92. The van der Waals surface area contributed by atoms with Gasteiger partial charge in [0.15, 0.2) is 0 Å². The van der Waals surface area contributed by atoms with Gasteiger partial charge in [-0.2, -0.15) is 0 Å². The Morgan fingerprint density at radius 3 is 2.86 bits per heavy atom. The quantitative estimate of drug-likeness (QED) is 0.764. The van der Waals surface area contributed by atoms with Crippen LogP contribution in [0, 0.1) is 6.92 Å². The highest BCUT2D eigenvalue weighted by Crippen LogP contribution is 2.20. The van der Waals surface area contributed by atoms with E-state index in [2.05, 4.69) is 9.97 Å². The van der Waals surface area contributed by atoms with Gasteiger partial charge < -0.3 is 14.5 Å². The summed E-state index contributed by atoms with van der Waals surface area (Å²) in [5.74, 6) is -0.173. The van der Waals surface area contributed by atoms with Crippen molar-refractivity contribution in [3.8, 4) is 0 Å². The standard InChI is InChI=1S/C21H26N4O3/c1-16-6-3-9-19(23-16)21(27)24-11-5-8-18(14-24)25(20(26)15-28-2)13-17-7-4-10-22-12-17/h3-4,6-7,9-10,12,18H,5,8,11,13-15H2,1-2H3. The van der Waals surface area contributed by atoms with Crippen molar-refractivity contribution in [1.29, 1.82) is 0 Å². The van der Waals surface area contributed by atoms with Gasteiger partial charge in [-0.25, -0.2) is 4.98 Å². The molecule has 1 atom stereocenters. The average molecular weight is 382 g/mol. The molecule has 0 spiro atoms. The second-order valence-electron chi connectivity index (χ2n) is 7.03. The molecule has 0 radical (unpaired) electrons. The number of hydrogen-bond acceptors (Lipinski definition) is 5. The first-order valence-electron chi connectivity index (χ1n) is 9.48. The van der Waals surface area contributed by atoms with Crippen LogP contribution >= 0.6 is 0 Å². The molecule has 0 aliphatic carbocycles. The molecule has 1 aliphatic heterocycles. The van der Waals surface area contributed by atoms with E-state index in [9.17, 15) is 9.59 Å². The molecule has 3 rings (SSSR count). The lowest BCUT2D eigenvalue weighted by Crippen LogP contribution is -2.52. The summed E-state index contributed by atoms with van der Waals surface area (Å²) < 4.78 is 5.07. The van der Waals surface area contributed by atoms with Crippen LogP contribution < -0.4 is 0 Å². The van der Waals surface area contributed by atoms with E-state index < -0.39 is 0 Å². The van der Waals surface area contributed by atoms with Crippen LogP contribution in [0.15, 0.2) is 42.7 Å². The van der Waals surface area contributed by atoms with Crippen molar-refractivity contribution in [2.24, 2.45) is 0 Å². The number of aromatic nitrogens is 2. The highest BCUT2D eigenvalue weighted by atomic mass is 16.5. The van der Waals surface area contributed by atoms with Gasteiger partial charge in [-0.1, -0.05) is 12.1 Å². The third-order valence-electron chi connectivity index (χ3n) is 4.90. The van der Waals surface area contributed by atoms with Gasteiger partial charge in [-0.15, -0.1) is 0 Å². The monoisotopic (exact) mass is 382 g/mol. The maximum Gasteiger partial charge on any atom is 0.272 e. The Bertz CT molecular complexity index is 812.